The summed E-state index contributed by atoms with van der Waals surface area (Å²) in [6.07, 6.45) is -3.68. The van der Waals surface area contributed by atoms with Crippen LogP contribution in [-0.2, 0) is 11.0 Å². The van der Waals surface area contributed by atoms with Crippen molar-refractivity contribution in [3.8, 4) is 0 Å². The lowest BCUT2D eigenvalue weighted by atomic mass is 9.77. The number of piperazine rings is 1. The van der Waals surface area contributed by atoms with Crippen LogP contribution in [0.2, 0.25) is 0 Å². The van der Waals surface area contributed by atoms with Gasteiger partial charge in [-0.05, 0) is 68.9 Å². The van der Waals surface area contributed by atoms with E-state index < -0.39 is 29.2 Å². The van der Waals surface area contributed by atoms with E-state index in [0.29, 0.717) is 24.1 Å². The van der Waals surface area contributed by atoms with Gasteiger partial charge in [0.1, 0.15) is 0 Å². The van der Waals surface area contributed by atoms with Crippen molar-refractivity contribution in [3.05, 3.63) is 70.3 Å². The van der Waals surface area contributed by atoms with Crippen LogP contribution in [0.1, 0.15) is 66.1 Å². The van der Waals surface area contributed by atoms with Crippen LogP contribution in [0, 0.1) is 19.3 Å². The molecule has 3 atom stereocenters. The van der Waals surface area contributed by atoms with E-state index >= 15 is 0 Å². The number of benzene rings is 2. The lowest BCUT2D eigenvalue weighted by molar-refractivity contribution is -0.140. The summed E-state index contributed by atoms with van der Waals surface area (Å²) >= 11 is 0. The maximum atomic E-state index is 14.1. The number of hydrogen-bond donors (Lipinski definition) is 2. The molecular formula is C30H38F3N3O4. The smallest absolute Gasteiger partial charge is 0.396 e. The standard InChI is InChI=1S/C30H38F3N3O4/c1-19-15-22(17-23(16-19)30(31,32)33)21(3)34(4)28(40)36-12-11-35-25(26(36)24-8-6-5-7-20(24)2)18-29(9-13-37,10-14-38)27(35)39/h5-8,15-17,21,25-26,37-38H,9-14,18H2,1-4H3/t21-,25+,26+/m1/s1. The van der Waals surface area contributed by atoms with Crippen molar-refractivity contribution >= 4 is 11.9 Å². The number of halogens is 3. The molecule has 2 aliphatic rings. The highest BCUT2D eigenvalue weighted by atomic mass is 19.4. The maximum absolute atomic E-state index is 14.1. The lowest BCUT2D eigenvalue weighted by Gasteiger charge is -2.47. The molecule has 2 saturated heterocycles. The van der Waals surface area contributed by atoms with Gasteiger partial charge in [0.2, 0.25) is 5.91 Å². The highest BCUT2D eigenvalue weighted by Crippen LogP contribution is 2.49. The first-order chi connectivity index (χ1) is 18.8. The van der Waals surface area contributed by atoms with Crippen LogP contribution in [-0.4, -0.2) is 76.2 Å². The highest BCUT2D eigenvalue weighted by Gasteiger charge is 2.56. The number of hydrogen-bond acceptors (Lipinski definition) is 4. The molecule has 0 unspecified atom stereocenters. The van der Waals surface area contributed by atoms with Crippen molar-refractivity contribution in [1.82, 2.24) is 14.7 Å². The molecule has 0 radical (unpaired) electrons. The molecule has 2 fully saturated rings. The molecule has 10 heteroatoms. The third kappa shape index (κ3) is 5.43. The number of aliphatic hydroxyl groups is 2. The average molecular weight is 562 g/mol. The Hall–Kier alpha value is -3.11. The van der Waals surface area contributed by atoms with E-state index in [1.807, 2.05) is 31.2 Å². The minimum absolute atomic E-state index is 0.118. The van der Waals surface area contributed by atoms with E-state index in [2.05, 4.69) is 0 Å². The van der Waals surface area contributed by atoms with Crippen molar-refractivity contribution in [2.24, 2.45) is 5.41 Å². The van der Waals surface area contributed by atoms with Gasteiger partial charge in [-0.1, -0.05) is 35.9 Å². The molecule has 4 rings (SSSR count). The van der Waals surface area contributed by atoms with Crippen LogP contribution < -0.4 is 0 Å². The van der Waals surface area contributed by atoms with Crippen LogP contribution in [0.3, 0.4) is 0 Å². The third-order valence-corrected chi connectivity index (χ3v) is 8.72. The number of alkyl halides is 3. The van der Waals surface area contributed by atoms with Crippen molar-refractivity contribution in [2.45, 2.75) is 64.3 Å². The molecule has 2 heterocycles. The van der Waals surface area contributed by atoms with Crippen molar-refractivity contribution in [1.29, 1.82) is 0 Å². The van der Waals surface area contributed by atoms with Gasteiger partial charge in [-0.25, -0.2) is 4.79 Å². The second kappa shape index (κ2) is 11.4. The number of nitrogens with zero attached hydrogens (tertiary/aromatic N) is 3. The van der Waals surface area contributed by atoms with Gasteiger partial charge < -0.3 is 24.9 Å². The predicted octanol–water partition coefficient (Wildman–Crippen LogP) is 4.84. The van der Waals surface area contributed by atoms with Crippen molar-refractivity contribution in [2.75, 3.05) is 33.4 Å². The zero-order valence-corrected chi connectivity index (χ0v) is 23.4. The number of rotatable bonds is 7. The van der Waals surface area contributed by atoms with E-state index in [1.165, 1.54) is 4.90 Å². The fourth-order valence-electron chi connectivity index (χ4n) is 6.45. The topological polar surface area (TPSA) is 84.3 Å². The first-order valence-corrected chi connectivity index (χ1v) is 13.6. The van der Waals surface area contributed by atoms with E-state index in [9.17, 15) is 33.0 Å². The Morgan fingerprint density at radius 2 is 1.75 bits per heavy atom. The zero-order chi connectivity index (χ0) is 29.4. The van der Waals surface area contributed by atoms with E-state index in [4.69, 9.17) is 0 Å². The SMILES string of the molecule is Cc1cc([C@@H](C)N(C)C(=O)N2CCN3C(=O)C(CCO)(CCO)C[C@H]3[C@@H]2c2ccccc2C)cc(C(F)(F)F)c1. The maximum Gasteiger partial charge on any atom is 0.416 e. The first kappa shape index (κ1) is 29.9. The molecule has 2 aliphatic heterocycles. The summed E-state index contributed by atoms with van der Waals surface area (Å²) in [5.41, 5.74) is 1.01. The molecule has 7 nitrogen and oxygen atoms in total. The fourth-order valence-corrected chi connectivity index (χ4v) is 6.45. The van der Waals surface area contributed by atoms with Gasteiger partial charge >= 0.3 is 12.2 Å². The molecule has 2 aromatic carbocycles. The fraction of sp³-hybridized carbons (Fsp3) is 0.533. The summed E-state index contributed by atoms with van der Waals surface area (Å²) in [6, 6.07) is 9.65. The Bertz CT molecular complexity index is 1240. The largest absolute Gasteiger partial charge is 0.416 e. The van der Waals surface area contributed by atoms with Crippen molar-refractivity contribution < 1.29 is 33.0 Å². The quantitative estimate of drug-likeness (QED) is 0.507. The molecule has 0 bridgehead atoms. The molecule has 0 spiro atoms. The summed E-state index contributed by atoms with van der Waals surface area (Å²) in [5, 5.41) is 19.5. The zero-order valence-electron chi connectivity index (χ0n) is 23.4. The molecule has 2 N–H and O–H groups in total. The summed E-state index contributed by atoms with van der Waals surface area (Å²) in [6.45, 7) is 5.40. The second-order valence-corrected chi connectivity index (χ2v) is 11.2. The molecule has 2 aromatic rings. The normalized spacial score (nSPS) is 21.4. The van der Waals surface area contributed by atoms with Crippen LogP contribution in [0.4, 0.5) is 18.0 Å². The monoisotopic (exact) mass is 561 g/mol. The summed E-state index contributed by atoms with van der Waals surface area (Å²) in [4.78, 5) is 32.7. The minimum Gasteiger partial charge on any atom is -0.396 e. The van der Waals surface area contributed by atoms with E-state index in [1.54, 1.807) is 36.8 Å². The van der Waals surface area contributed by atoms with Crippen LogP contribution >= 0.6 is 0 Å². The number of aliphatic hydroxyl groups excluding tert-OH is 2. The predicted molar refractivity (Wildman–Crippen MR) is 144 cm³/mol. The van der Waals surface area contributed by atoms with Gasteiger partial charge in [-0.2, -0.15) is 13.2 Å². The van der Waals surface area contributed by atoms with Gasteiger partial charge in [0.05, 0.1) is 29.1 Å². The lowest BCUT2D eigenvalue weighted by Crippen LogP contribution is -2.57. The average Bonchev–Trinajstić information content (AvgIpc) is 3.18. The highest BCUT2D eigenvalue weighted by molar-refractivity contribution is 5.86. The van der Waals surface area contributed by atoms with Gasteiger partial charge in [-0.3, -0.25) is 4.79 Å². The van der Waals surface area contributed by atoms with Gasteiger partial charge in [0.25, 0.3) is 0 Å². The molecule has 3 amide bonds. The third-order valence-electron chi connectivity index (χ3n) is 8.72. The number of carbonyl (C=O) groups excluding carboxylic acids is 2. The van der Waals surface area contributed by atoms with Crippen LogP contribution in [0.5, 0.6) is 0 Å². The van der Waals surface area contributed by atoms with Gasteiger partial charge in [-0.15, -0.1) is 0 Å². The van der Waals surface area contributed by atoms with Gasteiger partial charge in [0.15, 0.2) is 0 Å². The summed E-state index contributed by atoms with van der Waals surface area (Å²) < 4.78 is 40.5. The first-order valence-electron chi connectivity index (χ1n) is 13.6. The Labute approximate surface area is 233 Å². The molecule has 0 aromatic heterocycles. The Morgan fingerprint density at radius 3 is 2.35 bits per heavy atom. The minimum atomic E-state index is -4.50. The molecule has 0 saturated carbocycles. The van der Waals surface area contributed by atoms with E-state index in [-0.39, 0.29) is 50.6 Å². The van der Waals surface area contributed by atoms with Gasteiger partial charge in [0, 0.05) is 33.4 Å². The second-order valence-electron chi connectivity index (χ2n) is 11.2. The molecule has 40 heavy (non-hydrogen) atoms. The Kier molecular flexibility index (Phi) is 8.52. The summed E-state index contributed by atoms with van der Waals surface area (Å²) in [7, 11) is 1.59. The molecule has 218 valence electrons. The summed E-state index contributed by atoms with van der Waals surface area (Å²) in [5.74, 6) is -0.118. The number of carbonyl (C=O) groups is 2. The number of amides is 3. The van der Waals surface area contributed by atoms with E-state index in [0.717, 1.165) is 23.3 Å². The molecular weight excluding hydrogens is 523 g/mol. The number of urea groups is 1. The Balaban J connectivity index is 1.71. The van der Waals surface area contributed by atoms with Crippen molar-refractivity contribution in [3.63, 3.8) is 0 Å². The Morgan fingerprint density at radius 1 is 1.10 bits per heavy atom. The van der Waals surface area contributed by atoms with Crippen LogP contribution in [0.15, 0.2) is 42.5 Å². The molecule has 0 aliphatic carbocycles. The number of aryl methyl sites for hydroxylation is 2. The number of fused-ring (bicyclic) bond motifs is 1. The van der Waals surface area contributed by atoms with Crippen LogP contribution in [0.25, 0.3) is 0 Å².